The second-order valence-corrected chi connectivity index (χ2v) is 7.58. The summed E-state index contributed by atoms with van der Waals surface area (Å²) in [5, 5.41) is 4.68. The quantitative estimate of drug-likeness (QED) is 0.646. The van der Waals surface area contributed by atoms with Gasteiger partial charge in [-0.2, -0.15) is 0 Å². The number of thiophene rings is 1. The molecule has 0 bridgehead atoms. The summed E-state index contributed by atoms with van der Waals surface area (Å²) in [7, 11) is 1.73. The van der Waals surface area contributed by atoms with Gasteiger partial charge in [0.1, 0.15) is 17.0 Å². The van der Waals surface area contributed by atoms with Crippen LogP contribution in [0.25, 0.3) is 10.2 Å². The molecule has 1 N–H and O–H groups in total. The highest BCUT2D eigenvalue weighted by molar-refractivity contribution is 7.18. The van der Waals surface area contributed by atoms with Crippen LogP contribution < -0.4 is 5.32 Å². The zero-order chi connectivity index (χ0) is 17.8. The van der Waals surface area contributed by atoms with Gasteiger partial charge >= 0.3 is 0 Å². The van der Waals surface area contributed by atoms with E-state index in [9.17, 15) is 0 Å². The Labute approximate surface area is 157 Å². The second kappa shape index (κ2) is 8.07. The summed E-state index contributed by atoms with van der Waals surface area (Å²) in [6.45, 7) is 4.57. The highest BCUT2D eigenvalue weighted by Gasteiger charge is 2.23. The monoisotopic (exact) mass is 369 g/mol. The maximum atomic E-state index is 5.12. The molecule has 0 aliphatic carbocycles. The number of nitrogens with zero attached hydrogens (tertiary/aromatic N) is 4. The van der Waals surface area contributed by atoms with E-state index in [0.717, 1.165) is 56.3 Å². The number of nitrogens with one attached hydrogen (secondary N) is 1. The van der Waals surface area contributed by atoms with Crippen LogP contribution in [-0.2, 0) is 24.2 Å². The lowest BCUT2D eigenvalue weighted by Gasteiger charge is -2.26. The molecule has 3 aromatic rings. The molecule has 0 atom stereocenters. The van der Waals surface area contributed by atoms with Crippen molar-refractivity contribution in [3.8, 4) is 0 Å². The number of ether oxygens (including phenoxy) is 1. The Morgan fingerprint density at radius 2 is 2.31 bits per heavy atom. The molecule has 7 heteroatoms. The summed E-state index contributed by atoms with van der Waals surface area (Å²) in [5.41, 5.74) is 2.68. The van der Waals surface area contributed by atoms with Gasteiger partial charge in [0.25, 0.3) is 0 Å². The van der Waals surface area contributed by atoms with Crippen LogP contribution in [0.15, 0.2) is 30.9 Å². The van der Waals surface area contributed by atoms with Crippen molar-refractivity contribution in [2.45, 2.75) is 25.9 Å². The van der Waals surface area contributed by atoms with Crippen LogP contribution in [0.3, 0.4) is 0 Å². The topological polar surface area (TPSA) is 63.2 Å². The Kier molecular flexibility index (Phi) is 5.38. The number of methoxy groups -OCH3 is 1. The maximum absolute atomic E-state index is 5.12. The molecule has 0 spiro atoms. The first-order valence-corrected chi connectivity index (χ1v) is 9.76. The number of hydrogen-bond donors (Lipinski definition) is 1. The van der Waals surface area contributed by atoms with Gasteiger partial charge in [-0.05, 0) is 30.0 Å². The Morgan fingerprint density at radius 3 is 3.15 bits per heavy atom. The summed E-state index contributed by atoms with van der Waals surface area (Å²) >= 11 is 1.80. The second-order valence-electron chi connectivity index (χ2n) is 6.50. The molecule has 26 heavy (non-hydrogen) atoms. The molecule has 4 heterocycles. The normalized spacial score (nSPS) is 14.5. The molecule has 1 aliphatic heterocycles. The van der Waals surface area contributed by atoms with Gasteiger partial charge in [0, 0.05) is 57.2 Å². The minimum absolute atomic E-state index is 0.756. The molecule has 6 nitrogen and oxygen atoms in total. The zero-order valence-corrected chi connectivity index (χ0v) is 15.8. The third-order valence-corrected chi connectivity index (χ3v) is 5.79. The number of rotatable bonds is 7. The average molecular weight is 369 g/mol. The van der Waals surface area contributed by atoms with E-state index in [2.05, 4.69) is 31.2 Å². The van der Waals surface area contributed by atoms with E-state index in [-0.39, 0.29) is 0 Å². The molecule has 0 aromatic carbocycles. The van der Waals surface area contributed by atoms with Crippen molar-refractivity contribution in [1.29, 1.82) is 0 Å². The molecule has 0 saturated carbocycles. The fourth-order valence-corrected chi connectivity index (χ4v) is 4.65. The minimum Gasteiger partial charge on any atom is -0.385 e. The van der Waals surface area contributed by atoms with Gasteiger partial charge < -0.3 is 10.1 Å². The van der Waals surface area contributed by atoms with Crippen molar-refractivity contribution >= 4 is 27.4 Å². The van der Waals surface area contributed by atoms with Crippen LogP contribution in [-0.4, -0.2) is 46.7 Å². The first-order chi connectivity index (χ1) is 12.8. The number of hydrogen-bond acceptors (Lipinski definition) is 7. The fraction of sp³-hybridized carbons (Fsp3) is 0.421. The molecule has 0 radical (unpaired) electrons. The summed E-state index contributed by atoms with van der Waals surface area (Å²) in [6, 6.07) is 4.14. The van der Waals surface area contributed by atoms with Crippen LogP contribution in [0.5, 0.6) is 0 Å². The third-order valence-electron chi connectivity index (χ3n) is 4.66. The van der Waals surface area contributed by atoms with E-state index in [1.165, 1.54) is 21.4 Å². The maximum Gasteiger partial charge on any atom is 0.138 e. The highest BCUT2D eigenvalue weighted by Crippen LogP contribution is 2.37. The summed E-state index contributed by atoms with van der Waals surface area (Å²) in [5.74, 6) is 0.962. The molecule has 1 aliphatic rings. The lowest BCUT2D eigenvalue weighted by atomic mass is 10.0. The van der Waals surface area contributed by atoms with Crippen LogP contribution in [0, 0.1) is 0 Å². The van der Waals surface area contributed by atoms with Gasteiger partial charge in [-0.1, -0.05) is 6.07 Å². The fourth-order valence-electron chi connectivity index (χ4n) is 3.42. The van der Waals surface area contributed by atoms with E-state index in [1.54, 1.807) is 24.8 Å². The van der Waals surface area contributed by atoms with E-state index in [4.69, 9.17) is 4.74 Å². The summed E-state index contributed by atoms with van der Waals surface area (Å²) in [6.07, 6.45) is 7.44. The van der Waals surface area contributed by atoms with Crippen LogP contribution in [0.2, 0.25) is 0 Å². The summed E-state index contributed by atoms with van der Waals surface area (Å²) in [4.78, 5) is 18.2. The standard InChI is InChI=1S/C19H23N5OS/c1-25-9-3-7-21-18-17-15-5-8-24(11-14-4-2-6-20-10-14)12-16(15)26-19(17)23-13-22-18/h2,4,6,10,13H,3,5,7-9,11-12H2,1H3,(H,21,22,23). The molecule has 4 rings (SSSR count). The largest absolute Gasteiger partial charge is 0.385 e. The van der Waals surface area contributed by atoms with Crippen molar-refractivity contribution in [2.24, 2.45) is 0 Å². The molecule has 136 valence electrons. The van der Waals surface area contributed by atoms with E-state index < -0.39 is 0 Å². The molecule has 3 aromatic heterocycles. The van der Waals surface area contributed by atoms with Crippen molar-refractivity contribution in [1.82, 2.24) is 19.9 Å². The Morgan fingerprint density at radius 1 is 1.35 bits per heavy atom. The van der Waals surface area contributed by atoms with Gasteiger partial charge in [0.05, 0.1) is 5.39 Å². The lowest BCUT2D eigenvalue weighted by molar-refractivity contribution is 0.198. The first kappa shape index (κ1) is 17.3. The van der Waals surface area contributed by atoms with Gasteiger partial charge in [0.15, 0.2) is 0 Å². The predicted molar refractivity (Wildman–Crippen MR) is 104 cm³/mol. The molecule has 0 fully saturated rings. The molecule has 0 amide bonds. The molecule has 0 saturated heterocycles. The van der Waals surface area contributed by atoms with Crippen molar-refractivity contribution in [3.63, 3.8) is 0 Å². The van der Waals surface area contributed by atoms with Crippen molar-refractivity contribution < 1.29 is 4.74 Å². The number of pyridine rings is 1. The van der Waals surface area contributed by atoms with Gasteiger partial charge in [-0.3, -0.25) is 9.88 Å². The molecular formula is C19H23N5OS. The minimum atomic E-state index is 0.756. The van der Waals surface area contributed by atoms with Crippen molar-refractivity contribution in [2.75, 3.05) is 32.1 Å². The van der Waals surface area contributed by atoms with E-state index in [0.29, 0.717) is 0 Å². The van der Waals surface area contributed by atoms with Crippen LogP contribution in [0.4, 0.5) is 5.82 Å². The van der Waals surface area contributed by atoms with Crippen molar-refractivity contribution in [3.05, 3.63) is 46.9 Å². The number of fused-ring (bicyclic) bond motifs is 3. The highest BCUT2D eigenvalue weighted by atomic mass is 32.1. The first-order valence-electron chi connectivity index (χ1n) is 8.94. The predicted octanol–water partition coefficient (Wildman–Crippen LogP) is 3.09. The lowest BCUT2D eigenvalue weighted by Crippen LogP contribution is -2.29. The van der Waals surface area contributed by atoms with Crippen LogP contribution >= 0.6 is 11.3 Å². The summed E-state index contributed by atoms with van der Waals surface area (Å²) < 4.78 is 5.12. The van der Waals surface area contributed by atoms with Gasteiger partial charge in [-0.15, -0.1) is 11.3 Å². The number of aromatic nitrogens is 3. The molecular weight excluding hydrogens is 346 g/mol. The Balaban J connectivity index is 1.53. The van der Waals surface area contributed by atoms with Crippen LogP contribution in [0.1, 0.15) is 22.4 Å². The van der Waals surface area contributed by atoms with Gasteiger partial charge in [0.2, 0.25) is 0 Å². The van der Waals surface area contributed by atoms with Gasteiger partial charge in [-0.25, -0.2) is 9.97 Å². The Bertz CT molecular complexity index is 867. The zero-order valence-electron chi connectivity index (χ0n) is 14.9. The SMILES string of the molecule is COCCCNc1ncnc2sc3c(c12)CCN(Cc1cccnc1)C3. The molecule has 0 unspecified atom stereocenters. The number of anilines is 1. The average Bonchev–Trinajstić information content (AvgIpc) is 3.04. The third kappa shape index (κ3) is 3.70. The Hall–Kier alpha value is -2.09. The van der Waals surface area contributed by atoms with E-state index in [1.807, 2.05) is 18.5 Å². The van der Waals surface area contributed by atoms with E-state index >= 15 is 0 Å². The smallest absolute Gasteiger partial charge is 0.138 e.